The Morgan fingerprint density at radius 1 is 1.29 bits per heavy atom. The van der Waals surface area contributed by atoms with Crippen molar-refractivity contribution < 1.29 is 19.7 Å². The van der Waals surface area contributed by atoms with Gasteiger partial charge in [-0.1, -0.05) is 19.4 Å². The van der Waals surface area contributed by atoms with E-state index in [0.29, 0.717) is 11.8 Å². The first-order valence-electron chi connectivity index (χ1n) is 11.8. The minimum Gasteiger partial charge on any atom is -0.504 e. The van der Waals surface area contributed by atoms with Crippen LogP contribution in [0.2, 0.25) is 0 Å². The smallest absolute Gasteiger partial charge is 0.165 e. The summed E-state index contributed by atoms with van der Waals surface area (Å²) in [7, 11) is 4.09. The lowest BCUT2D eigenvalue weighted by Crippen LogP contribution is -2.82. The molecule has 1 saturated heterocycles. The van der Waals surface area contributed by atoms with Crippen molar-refractivity contribution in [3.63, 3.8) is 0 Å². The molecule has 2 aliphatic heterocycles. The van der Waals surface area contributed by atoms with Crippen LogP contribution in [-0.2, 0) is 16.6 Å². The van der Waals surface area contributed by atoms with Crippen molar-refractivity contribution in [2.75, 3.05) is 20.7 Å². The molecule has 4 bridgehead atoms. The Balaban J connectivity index is 0.00000204. The first-order valence-corrected chi connectivity index (χ1v) is 11.8. The Kier molecular flexibility index (Phi) is 4.59. The fourth-order valence-electron chi connectivity index (χ4n) is 9.09. The summed E-state index contributed by atoms with van der Waals surface area (Å²) < 4.78 is 13.2. The average molecular weight is 450 g/mol. The number of hydrogen-bond donors (Lipinski definition) is 2. The number of likely N-dealkylation sites (N-methyl/N-ethyl adjacent to an activating group) is 1. The highest BCUT2D eigenvalue weighted by Gasteiger charge is 2.81. The van der Waals surface area contributed by atoms with Crippen LogP contribution in [0.25, 0.3) is 0 Å². The molecule has 6 aliphatic rings. The summed E-state index contributed by atoms with van der Waals surface area (Å²) in [6.45, 7) is 5.19. The third-order valence-corrected chi connectivity index (χ3v) is 10.1. The molecule has 172 valence electrons. The van der Waals surface area contributed by atoms with Crippen LogP contribution < -0.4 is 4.74 Å². The second kappa shape index (κ2) is 6.53. The number of phenols is 1. The van der Waals surface area contributed by atoms with Gasteiger partial charge in [0.25, 0.3) is 0 Å². The Hall–Kier alpha value is -1.01. The summed E-state index contributed by atoms with van der Waals surface area (Å²) in [6, 6.07) is 4.37. The summed E-state index contributed by atoms with van der Waals surface area (Å²) in [4.78, 5) is 2.56. The monoisotopic (exact) mass is 449 g/mol. The number of ether oxygens (including phenoxy) is 2. The van der Waals surface area contributed by atoms with Crippen LogP contribution in [0.3, 0.4) is 0 Å². The van der Waals surface area contributed by atoms with Gasteiger partial charge in [0.1, 0.15) is 11.7 Å². The fourth-order valence-corrected chi connectivity index (χ4v) is 9.09. The standard InChI is InChI=1S/C25H35NO4.ClH/c1-5-8-22(2,28)17-14-23-9-10-25(17,29-4)21-24(23)11-12-26(3)18(23)13-15-6-7-16(27)20(30-21)19(15)24;/h6-7,17-18,21,27-28H,5,8-14H2,1-4H3;1H/t17-,18-,21-,22-,23?,24+,25?;/m1./s1. The predicted octanol–water partition coefficient (Wildman–Crippen LogP) is 3.81. The summed E-state index contributed by atoms with van der Waals surface area (Å²) >= 11 is 0. The molecule has 1 aromatic rings. The zero-order chi connectivity index (χ0) is 21.1. The topological polar surface area (TPSA) is 62.2 Å². The highest BCUT2D eigenvalue weighted by Crippen LogP contribution is 2.77. The van der Waals surface area contributed by atoms with E-state index in [9.17, 15) is 10.2 Å². The number of likely N-dealkylation sites (tertiary alicyclic amines) is 1. The third-order valence-electron chi connectivity index (χ3n) is 10.1. The van der Waals surface area contributed by atoms with Gasteiger partial charge in [-0.05, 0) is 70.7 Å². The predicted molar refractivity (Wildman–Crippen MR) is 121 cm³/mol. The van der Waals surface area contributed by atoms with Crippen molar-refractivity contribution in [2.24, 2.45) is 11.3 Å². The summed E-state index contributed by atoms with van der Waals surface area (Å²) in [6.07, 6.45) is 6.57. The maximum Gasteiger partial charge on any atom is 0.165 e. The van der Waals surface area contributed by atoms with E-state index in [2.05, 4.69) is 24.9 Å². The molecule has 2 N–H and O–H groups in total. The van der Waals surface area contributed by atoms with E-state index in [0.717, 1.165) is 51.5 Å². The largest absolute Gasteiger partial charge is 0.504 e. The first kappa shape index (κ1) is 21.8. The van der Waals surface area contributed by atoms with Gasteiger partial charge in [0.2, 0.25) is 0 Å². The van der Waals surface area contributed by atoms with Crippen LogP contribution in [-0.4, -0.2) is 59.2 Å². The highest BCUT2D eigenvalue weighted by atomic mass is 35.5. The van der Waals surface area contributed by atoms with E-state index >= 15 is 0 Å². The normalized spacial score (nSPS) is 43.6. The lowest BCUT2D eigenvalue weighted by molar-refractivity contribution is -0.301. The van der Waals surface area contributed by atoms with E-state index in [1.807, 2.05) is 20.1 Å². The van der Waals surface area contributed by atoms with Crippen LogP contribution in [0.15, 0.2) is 12.1 Å². The van der Waals surface area contributed by atoms with E-state index in [-0.39, 0.29) is 41.0 Å². The Morgan fingerprint density at radius 3 is 2.77 bits per heavy atom. The van der Waals surface area contributed by atoms with E-state index < -0.39 is 11.2 Å². The summed E-state index contributed by atoms with van der Waals surface area (Å²) in [5, 5.41) is 22.5. The number of phenolic OH excluding ortho intramolecular Hbond substituents is 1. The van der Waals surface area contributed by atoms with Gasteiger partial charge >= 0.3 is 0 Å². The van der Waals surface area contributed by atoms with Crippen molar-refractivity contribution >= 4 is 12.4 Å². The number of benzene rings is 1. The van der Waals surface area contributed by atoms with Crippen LogP contribution in [0.4, 0.5) is 0 Å². The maximum atomic E-state index is 11.7. The van der Waals surface area contributed by atoms with Crippen molar-refractivity contribution in [3.05, 3.63) is 23.3 Å². The molecular formula is C25H36ClNO4. The molecule has 2 heterocycles. The van der Waals surface area contributed by atoms with Gasteiger partial charge in [0.05, 0.1) is 5.60 Å². The van der Waals surface area contributed by atoms with Crippen LogP contribution in [0.1, 0.15) is 63.5 Å². The van der Waals surface area contributed by atoms with Gasteiger partial charge in [-0.15, -0.1) is 12.4 Å². The minimum atomic E-state index is -0.798. The molecule has 1 aromatic carbocycles. The van der Waals surface area contributed by atoms with E-state index in [1.54, 1.807) is 0 Å². The fraction of sp³-hybridized carbons (Fsp3) is 0.760. The van der Waals surface area contributed by atoms with Crippen molar-refractivity contribution in [3.8, 4) is 11.5 Å². The molecule has 0 amide bonds. The molecule has 2 unspecified atom stereocenters. The molecule has 4 fully saturated rings. The molecule has 7 rings (SSSR count). The molecule has 6 heteroatoms. The van der Waals surface area contributed by atoms with E-state index in [4.69, 9.17) is 9.47 Å². The Labute approximate surface area is 191 Å². The minimum absolute atomic E-state index is 0. The Morgan fingerprint density at radius 2 is 2.06 bits per heavy atom. The van der Waals surface area contributed by atoms with Crippen molar-refractivity contribution in [1.82, 2.24) is 4.90 Å². The van der Waals surface area contributed by atoms with Crippen molar-refractivity contribution in [1.29, 1.82) is 0 Å². The van der Waals surface area contributed by atoms with Gasteiger partial charge in [0.15, 0.2) is 11.5 Å². The summed E-state index contributed by atoms with van der Waals surface area (Å²) in [5.41, 5.74) is 1.21. The number of piperidine rings is 1. The number of methoxy groups -OCH3 is 1. The first-order chi connectivity index (χ1) is 14.3. The number of nitrogens with zero attached hydrogens (tertiary/aromatic N) is 1. The molecule has 2 spiro atoms. The molecule has 0 aromatic heterocycles. The van der Waals surface area contributed by atoms with Crippen LogP contribution >= 0.6 is 12.4 Å². The summed E-state index contributed by atoms with van der Waals surface area (Å²) in [5.74, 6) is 0.977. The molecular weight excluding hydrogens is 414 g/mol. The van der Waals surface area contributed by atoms with Gasteiger partial charge in [-0.3, -0.25) is 0 Å². The van der Waals surface area contributed by atoms with Crippen LogP contribution in [0.5, 0.6) is 11.5 Å². The quantitative estimate of drug-likeness (QED) is 0.731. The van der Waals surface area contributed by atoms with Gasteiger partial charge in [-0.25, -0.2) is 0 Å². The number of halogens is 1. The van der Waals surface area contributed by atoms with E-state index in [1.165, 1.54) is 11.1 Å². The second-order valence-corrected chi connectivity index (χ2v) is 11.0. The number of fused-ring (bicyclic) bond motifs is 2. The molecule has 7 atom stereocenters. The highest BCUT2D eigenvalue weighted by molar-refractivity contribution is 5.85. The molecule has 3 saturated carbocycles. The molecule has 0 radical (unpaired) electrons. The maximum absolute atomic E-state index is 11.7. The second-order valence-electron chi connectivity index (χ2n) is 11.0. The van der Waals surface area contributed by atoms with Gasteiger partial charge < -0.3 is 24.6 Å². The van der Waals surface area contributed by atoms with Crippen molar-refractivity contribution in [2.45, 2.75) is 87.6 Å². The lowest BCUT2D eigenvalue weighted by Gasteiger charge is -2.74. The lowest BCUT2D eigenvalue weighted by atomic mass is 9.33. The number of aliphatic hydroxyl groups is 1. The molecule has 31 heavy (non-hydrogen) atoms. The van der Waals surface area contributed by atoms with Gasteiger partial charge in [-0.2, -0.15) is 0 Å². The zero-order valence-corrected chi connectivity index (χ0v) is 19.9. The number of rotatable bonds is 4. The zero-order valence-electron chi connectivity index (χ0n) is 19.1. The molecule has 4 aliphatic carbocycles. The number of aromatic hydroxyl groups is 1. The molecule has 5 nitrogen and oxygen atoms in total. The Bertz CT molecular complexity index is 921. The van der Waals surface area contributed by atoms with Gasteiger partial charge in [0, 0.05) is 35.5 Å². The third kappa shape index (κ3) is 2.20. The average Bonchev–Trinajstić information content (AvgIpc) is 3.09. The van der Waals surface area contributed by atoms with Crippen LogP contribution in [0, 0.1) is 11.3 Å². The number of hydrogen-bond acceptors (Lipinski definition) is 5. The SMILES string of the molecule is CCC[C@@](C)(O)[C@H]1CC23CCC1(OC)[C@@H]1Oc4c(O)ccc5c4[C@@]12CCN(C)[C@@H]3C5.Cl.